The highest BCUT2D eigenvalue weighted by molar-refractivity contribution is 6.48. The van der Waals surface area contributed by atoms with Crippen LogP contribution in [0.25, 0.3) is 0 Å². The van der Waals surface area contributed by atoms with E-state index in [-0.39, 0.29) is 11.7 Å². The molecule has 0 unspecified atom stereocenters. The van der Waals surface area contributed by atoms with Gasteiger partial charge in [0.25, 0.3) is 0 Å². The van der Waals surface area contributed by atoms with Gasteiger partial charge in [-0.25, -0.2) is 20.6 Å². The normalized spacial score (nSPS) is 17.2. The van der Waals surface area contributed by atoms with E-state index in [9.17, 15) is 4.79 Å². The maximum Gasteiger partial charge on any atom is 0.343 e. The summed E-state index contributed by atoms with van der Waals surface area (Å²) in [5, 5.41) is 10.7. The highest BCUT2D eigenvalue weighted by Crippen LogP contribution is 2.18. The lowest BCUT2D eigenvalue weighted by atomic mass is 10.3. The second kappa shape index (κ2) is 4.84. The number of rotatable bonds is 3. The third kappa shape index (κ3) is 2.30. The number of amidine groups is 2. The molecule has 2 amide bonds. The van der Waals surface area contributed by atoms with Crippen LogP contribution in [-0.2, 0) is 0 Å². The van der Waals surface area contributed by atoms with E-state index >= 15 is 0 Å². The highest BCUT2D eigenvalue weighted by atomic mass is 16.5. The minimum atomic E-state index is -0.565. The number of ether oxygens (including phenoxy) is 1. The lowest BCUT2D eigenvalue weighted by molar-refractivity contribution is 0.229. The molecule has 2 rings (SSSR count). The summed E-state index contributed by atoms with van der Waals surface area (Å²) in [5.74, 6) is 6.04. The van der Waals surface area contributed by atoms with Crippen LogP contribution in [0.1, 0.15) is 6.92 Å². The molecular weight excluding hydrogens is 234 g/mol. The first-order valence-electron chi connectivity index (χ1n) is 5.38. The molecule has 7 heteroatoms. The molecule has 0 aliphatic carbocycles. The van der Waals surface area contributed by atoms with E-state index in [0.717, 1.165) is 5.75 Å². The van der Waals surface area contributed by atoms with Crippen molar-refractivity contribution in [2.45, 2.75) is 6.92 Å². The van der Waals surface area contributed by atoms with E-state index in [1.165, 1.54) is 0 Å². The predicted molar refractivity (Wildman–Crippen MR) is 67.0 cm³/mol. The van der Waals surface area contributed by atoms with Crippen molar-refractivity contribution in [3.63, 3.8) is 0 Å². The maximum atomic E-state index is 11.2. The summed E-state index contributed by atoms with van der Waals surface area (Å²) in [5.41, 5.74) is 0.605. The van der Waals surface area contributed by atoms with Crippen molar-refractivity contribution in [3.8, 4) is 5.75 Å². The molecule has 7 nitrogen and oxygen atoms in total. The smallest absolute Gasteiger partial charge is 0.343 e. The van der Waals surface area contributed by atoms with Gasteiger partial charge in [-0.1, -0.05) is 0 Å². The second-order valence-electron chi connectivity index (χ2n) is 3.54. The van der Waals surface area contributed by atoms with Gasteiger partial charge in [-0.05, 0) is 31.2 Å². The molecule has 0 aromatic heterocycles. The first kappa shape index (κ1) is 12.1. The van der Waals surface area contributed by atoms with Gasteiger partial charge in [-0.3, -0.25) is 10.7 Å². The lowest BCUT2D eigenvalue weighted by Gasteiger charge is -2.03. The van der Waals surface area contributed by atoms with Crippen molar-refractivity contribution in [3.05, 3.63) is 24.3 Å². The zero-order valence-corrected chi connectivity index (χ0v) is 9.80. The molecule has 1 aromatic rings. The van der Waals surface area contributed by atoms with E-state index in [1.54, 1.807) is 24.3 Å². The minimum absolute atomic E-state index is 0.131. The molecule has 1 heterocycles. The average Bonchev–Trinajstić information content (AvgIpc) is 2.60. The number of carbonyl (C=O) groups excluding carboxylic acids is 1. The predicted octanol–water partition coefficient (Wildman–Crippen LogP) is 0.991. The average molecular weight is 247 g/mol. The molecule has 0 bridgehead atoms. The van der Waals surface area contributed by atoms with Crippen LogP contribution in [0.4, 0.5) is 10.5 Å². The topological polar surface area (TPSA) is 104 Å². The Balaban J connectivity index is 2.18. The number of hydrogen-bond donors (Lipinski definition) is 3. The van der Waals surface area contributed by atoms with Crippen LogP contribution < -0.4 is 15.9 Å². The number of aliphatic imine (C=N–C) groups is 1. The standard InChI is InChI=1S/C11H13N5O2/c1-2-18-8-5-3-7(4-6-8)14-10-9(12)16(13)11(17)15-10/h3-6,12H,2,13H2,1H3,(H,14,15,17). The van der Waals surface area contributed by atoms with Crippen molar-refractivity contribution < 1.29 is 9.53 Å². The molecule has 4 N–H and O–H groups in total. The molecule has 1 fully saturated rings. The fourth-order valence-corrected chi connectivity index (χ4v) is 1.43. The molecule has 0 spiro atoms. The van der Waals surface area contributed by atoms with Crippen molar-refractivity contribution in [1.82, 2.24) is 10.3 Å². The molecule has 1 aliphatic rings. The van der Waals surface area contributed by atoms with Crippen LogP contribution in [0.15, 0.2) is 29.3 Å². The molecular formula is C11H13N5O2. The maximum absolute atomic E-state index is 11.2. The summed E-state index contributed by atoms with van der Waals surface area (Å²) in [4.78, 5) is 15.3. The number of hydrogen-bond acceptors (Lipinski definition) is 5. The van der Waals surface area contributed by atoms with Gasteiger partial charge in [0.05, 0.1) is 12.3 Å². The number of nitrogens with zero attached hydrogens (tertiary/aromatic N) is 2. The van der Waals surface area contributed by atoms with E-state index in [1.807, 2.05) is 6.92 Å². The number of carbonyl (C=O) groups is 1. The molecule has 0 saturated carbocycles. The zero-order valence-electron chi connectivity index (χ0n) is 9.80. The number of urea groups is 1. The Bertz CT molecular complexity index is 509. The summed E-state index contributed by atoms with van der Waals surface area (Å²) in [7, 11) is 0. The van der Waals surface area contributed by atoms with E-state index in [0.29, 0.717) is 17.3 Å². The summed E-state index contributed by atoms with van der Waals surface area (Å²) in [6.07, 6.45) is 0. The SMILES string of the molecule is CCOc1ccc(N=C2NC(=O)N(N)C2=N)cc1. The Morgan fingerprint density at radius 2 is 2.11 bits per heavy atom. The third-order valence-corrected chi connectivity index (χ3v) is 2.30. The van der Waals surface area contributed by atoms with Crippen LogP contribution in [-0.4, -0.2) is 29.3 Å². The molecule has 0 atom stereocenters. The van der Waals surface area contributed by atoms with E-state index in [2.05, 4.69) is 10.3 Å². The largest absolute Gasteiger partial charge is 0.494 e. The minimum Gasteiger partial charge on any atom is -0.494 e. The molecule has 0 radical (unpaired) electrons. The van der Waals surface area contributed by atoms with Gasteiger partial charge in [0, 0.05) is 0 Å². The van der Waals surface area contributed by atoms with Gasteiger partial charge < -0.3 is 4.74 Å². The summed E-state index contributed by atoms with van der Waals surface area (Å²) >= 11 is 0. The first-order chi connectivity index (χ1) is 8.61. The van der Waals surface area contributed by atoms with Crippen molar-refractivity contribution in [1.29, 1.82) is 5.41 Å². The Kier molecular flexibility index (Phi) is 3.24. The highest BCUT2D eigenvalue weighted by Gasteiger charge is 2.29. The first-order valence-corrected chi connectivity index (χ1v) is 5.38. The fourth-order valence-electron chi connectivity index (χ4n) is 1.43. The van der Waals surface area contributed by atoms with Gasteiger partial charge in [0.2, 0.25) is 0 Å². The van der Waals surface area contributed by atoms with Crippen molar-refractivity contribution >= 4 is 23.4 Å². The third-order valence-electron chi connectivity index (χ3n) is 2.30. The zero-order chi connectivity index (χ0) is 13.1. The van der Waals surface area contributed by atoms with E-state index in [4.69, 9.17) is 16.0 Å². The number of amides is 2. The Morgan fingerprint density at radius 1 is 1.44 bits per heavy atom. The lowest BCUT2D eigenvalue weighted by Crippen LogP contribution is -2.37. The van der Waals surface area contributed by atoms with Crippen LogP contribution in [0, 0.1) is 5.41 Å². The number of nitrogens with one attached hydrogen (secondary N) is 2. The van der Waals surface area contributed by atoms with Crippen LogP contribution in [0.3, 0.4) is 0 Å². The second-order valence-corrected chi connectivity index (χ2v) is 3.54. The monoisotopic (exact) mass is 247 g/mol. The van der Waals surface area contributed by atoms with Gasteiger partial charge in [0.15, 0.2) is 11.7 Å². The van der Waals surface area contributed by atoms with Gasteiger partial charge >= 0.3 is 6.03 Å². The van der Waals surface area contributed by atoms with E-state index < -0.39 is 6.03 Å². The quantitative estimate of drug-likeness (QED) is 0.548. The van der Waals surface area contributed by atoms with Crippen molar-refractivity contribution in [2.75, 3.05) is 6.61 Å². The molecule has 1 aliphatic heterocycles. The molecule has 1 aromatic carbocycles. The van der Waals surface area contributed by atoms with Crippen LogP contribution in [0.5, 0.6) is 5.75 Å². The fraction of sp³-hybridized carbons (Fsp3) is 0.182. The van der Waals surface area contributed by atoms with Crippen LogP contribution >= 0.6 is 0 Å². The summed E-state index contributed by atoms with van der Waals surface area (Å²) < 4.78 is 5.30. The molecule has 1 saturated heterocycles. The van der Waals surface area contributed by atoms with Crippen molar-refractivity contribution in [2.24, 2.45) is 10.8 Å². The van der Waals surface area contributed by atoms with Gasteiger partial charge in [-0.2, -0.15) is 0 Å². The summed E-state index contributed by atoms with van der Waals surface area (Å²) in [6.45, 7) is 2.50. The van der Waals surface area contributed by atoms with Gasteiger partial charge in [0.1, 0.15) is 5.75 Å². The van der Waals surface area contributed by atoms with Crippen LogP contribution in [0.2, 0.25) is 0 Å². The number of nitrogens with two attached hydrogens (primary N) is 1. The number of benzene rings is 1. The molecule has 94 valence electrons. The Hall–Kier alpha value is -2.41. The Morgan fingerprint density at radius 3 is 2.61 bits per heavy atom. The molecule has 18 heavy (non-hydrogen) atoms. The summed E-state index contributed by atoms with van der Waals surface area (Å²) in [6, 6.07) is 6.44. The number of hydrazine groups is 1. The Labute approximate surface area is 104 Å². The van der Waals surface area contributed by atoms with Gasteiger partial charge in [-0.15, -0.1) is 0 Å².